The zero-order valence-corrected chi connectivity index (χ0v) is 9.32. The Bertz CT molecular complexity index is 484. The van der Waals surface area contributed by atoms with E-state index in [1.165, 1.54) is 23.8 Å². The van der Waals surface area contributed by atoms with Gasteiger partial charge in [0.1, 0.15) is 0 Å². The third-order valence-corrected chi connectivity index (χ3v) is 3.14. The molecule has 0 atom stereocenters. The molecule has 1 heterocycles. The van der Waals surface area contributed by atoms with Gasteiger partial charge in [-0.1, -0.05) is 18.2 Å². The number of rotatable bonds is 4. The van der Waals surface area contributed by atoms with Crippen LogP contribution in [0, 0.1) is 0 Å². The largest absolute Gasteiger partial charge is 0.314 e. The monoisotopic (exact) mass is 212 g/mol. The van der Waals surface area contributed by atoms with Crippen molar-refractivity contribution < 1.29 is 0 Å². The summed E-state index contributed by atoms with van der Waals surface area (Å²) in [7, 11) is 0. The highest BCUT2D eigenvalue weighted by Gasteiger charge is 2.19. The van der Waals surface area contributed by atoms with E-state index in [1.807, 2.05) is 12.3 Å². The molecule has 1 fully saturated rings. The Labute approximate surface area is 95.7 Å². The predicted octanol–water partition coefficient (Wildman–Crippen LogP) is 2.53. The van der Waals surface area contributed by atoms with Gasteiger partial charge in [-0.15, -0.1) is 0 Å². The van der Waals surface area contributed by atoms with Crippen LogP contribution < -0.4 is 5.32 Å². The summed E-state index contributed by atoms with van der Waals surface area (Å²) >= 11 is 0. The lowest BCUT2D eigenvalue weighted by atomic mass is 10.1. The van der Waals surface area contributed by atoms with Crippen molar-refractivity contribution in [1.82, 2.24) is 10.3 Å². The topological polar surface area (TPSA) is 24.9 Å². The van der Waals surface area contributed by atoms with Crippen LogP contribution in [0.25, 0.3) is 10.9 Å². The zero-order chi connectivity index (χ0) is 10.8. The van der Waals surface area contributed by atoms with Crippen LogP contribution in [0.5, 0.6) is 0 Å². The third kappa shape index (κ3) is 2.07. The summed E-state index contributed by atoms with van der Waals surface area (Å²) in [5.41, 5.74) is 2.50. The molecule has 0 spiro atoms. The molecule has 1 aliphatic carbocycles. The summed E-state index contributed by atoms with van der Waals surface area (Å²) in [6.45, 7) is 1.08. The molecule has 1 aromatic carbocycles. The highest BCUT2D eigenvalue weighted by Crippen LogP contribution is 2.19. The predicted molar refractivity (Wildman–Crippen MR) is 66.5 cm³/mol. The van der Waals surface area contributed by atoms with E-state index in [1.54, 1.807) is 0 Å². The smallest absolute Gasteiger partial charge is 0.0704 e. The average molecular weight is 212 g/mol. The van der Waals surface area contributed by atoms with Crippen molar-refractivity contribution in [2.45, 2.75) is 25.3 Å². The summed E-state index contributed by atoms with van der Waals surface area (Å²) in [6, 6.07) is 11.4. The van der Waals surface area contributed by atoms with Crippen molar-refractivity contribution in [3.05, 3.63) is 42.1 Å². The fourth-order valence-electron chi connectivity index (χ4n) is 2.08. The van der Waals surface area contributed by atoms with Gasteiger partial charge in [-0.05, 0) is 43.5 Å². The maximum Gasteiger partial charge on any atom is 0.0704 e. The number of pyridine rings is 1. The second-order valence-electron chi connectivity index (χ2n) is 4.47. The van der Waals surface area contributed by atoms with Gasteiger partial charge in [0, 0.05) is 17.6 Å². The molecule has 82 valence electrons. The average Bonchev–Trinajstić information content (AvgIpc) is 3.13. The Morgan fingerprint density at radius 2 is 2.12 bits per heavy atom. The molecule has 1 aliphatic rings. The van der Waals surface area contributed by atoms with Crippen molar-refractivity contribution in [2.24, 2.45) is 0 Å². The maximum atomic E-state index is 4.38. The molecule has 0 radical (unpaired) electrons. The second-order valence-corrected chi connectivity index (χ2v) is 4.47. The number of hydrogen-bond donors (Lipinski definition) is 1. The highest BCUT2D eigenvalue weighted by molar-refractivity contribution is 5.81. The second kappa shape index (κ2) is 4.22. The summed E-state index contributed by atoms with van der Waals surface area (Å²) in [5.74, 6) is 0. The van der Waals surface area contributed by atoms with Gasteiger partial charge in [0.05, 0.1) is 5.52 Å². The van der Waals surface area contributed by atoms with Crippen LogP contribution in [0.3, 0.4) is 0 Å². The lowest BCUT2D eigenvalue weighted by molar-refractivity contribution is 0.683. The lowest BCUT2D eigenvalue weighted by Gasteiger charge is -2.06. The summed E-state index contributed by atoms with van der Waals surface area (Å²) in [6.07, 6.45) is 5.67. The van der Waals surface area contributed by atoms with E-state index in [4.69, 9.17) is 0 Å². The summed E-state index contributed by atoms with van der Waals surface area (Å²) in [5, 5.41) is 4.84. The van der Waals surface area contributed by atoms with E-state index in [9.17, 15) is 0 Å². The van der Waals surface area contributed by atoms with Crippen LogP contribution in [-0.4, -0.2) is 17.6 Å². The van der Waals surface area contributed by atoms with Gasteiger partial charge < -0.3 is 5.32 Å². The fraction of sp³-hybridized carbons (Fsp3) is 0.357. The van der Waals surface area contributed by atoms with Crippen LogP contribution in [0.4, 0.5) is 0 Å². The van der Waals surface area contributed by atoms with Gasteiger partial charge in [0.15, 0.2) is 0 Å². The summed E-state index contributed by atoms with van der Waals surface area (Å²) in [4.78, 5) is 4.38. The van der Waals surface area contributed by atoms with E-state index in [-0.39, 0.29) is 0 Å². The molecule has 1 saturated carbocycles. The standard InChI is InChI=1S/C14H16N2/c1-3-11(8-10-15-12-6-7-12)13-4-2-9-16-14(13)5-1/h1-5,9,12,15H,6-8,10H2. The van der Waals surface area contributed by atoms with E-state index >= 15 is 0 Å². The Morgan fingerprint density at radius 1 is 1.19 bits per heavy atom. The minimum atomic E-state index is 0.799. The first kappa shape index (κ1) is 9.79. The molecule has 16 heavy (non-hydrogen) atoms. The normalized spacial score (nSPS) is 15.5. The molecule has 0 bridgehead atoms. The molecule has 0 saturated heterocycles. The Balaban J connectivity index is 1.79. The molecule has 0 amide bonds. The molecular formula is C14H16N2. The number of hydrogen-bond acceptors (Lipinski definition) is 2. The minimum absolute atomic E-state index is 0.799. The van der Waals surface area contributed by atoms with Crippen LogP contribution in [0.2, 0.25) is 0 Å². The molecule has 0 unspecified atom stereocenters. The van der Waals surface area contributed by atoms with Crippen LogP contribution >= 0.6 is 0 Å². The number of nitrogens with one attached hydrogen (secondary N) is 1. The van der Waals surface area contributed by atoms with E-state index in [0.717, 1.165) is 24.5 Å². The van der Waals surface area contributed by atoms with Crippen molar-refractivity contribution >= 4 is 10.9 Å². The van der Waals surface area contributed by atoms with Gasteiger partial charge in [-0.2, -0.15) is 0 Å². The number of aromatic nitrogens is 1. The van der Waals surface area contributed by atoms with Crippen molar-refractivity contribution in [1.29, 1.82) is 0 Å². The van der Waals surface area contributed by atoms with Gasteiger partial charge in [-0.3, -0.25) is 4.98 Å². The number of nitrogens with zero attached hydrogens (tertiary/aromatic N) is 1. The Hall–Kier alpha value is -1.41. The molecule has 0 aliphatic heterocycles. The molecule has 2 heteroatoms. The Kier molecular flexibility index (Phi) is 2.58. The first-order chi connectivity index (χ1) is 7.93. The van der Waals surface area contributed by atoms with E-state index in [2.05, 4.69) is 34.6 Å². The maximum absolute atomic E-state index is 4.38. The van der Waals surface area contributed by atoms with E-state index < -0.39 is 0 Å². The highest BCUT2D eigenvalue weighted by atomic mass is 14.9. The van der Waals surface area contributed by atoms with Crippen LogP contribution in [0.1, 0.15) is 18.4 Å². The molecule has 2 aromatic rings. The van der Waals surface area contributed by atoms with Crippen molar-refractivity contribution in [3.63, 3.8) is 0 Å². The van der Waals surface area contributed by atoms with Crippen molar-refractivity contribution in [3.8, 4) is 0 Å². The number of fused-ring (bicyclic) bond motifs is 1. The SMILES string of the molecule is c1cc(CCNC2CC2)c2cccnc2c1. The van der Waals surface area contributed by atoms with Gasteiger partial charge in [0.25, 0.3) is 0 Å². The van der Waals surface area contributed by atoms with Gasteiger partial charge in [0.2, 0.25) is 0 Å². The zero-order valence-electron chi connectivity index (χ0n) is 9.32. The Morgan fingerprint density at radius 3 is 3.00 bits per heavy atom. The van der Waals surface area contributed by atoms with E-state index in [0.29, 0.717) is 0 Å². The minimum Gasteiger partial charge on any atom is -0.314 e. The van der Waals surface area contributed by atoms with Gasteiger partial charge >= 0.3 is 0 Å². The molecule has 1 aromatic heterocycles. The lowest BCUT2D eigenvalue weighted by Crippen LogP contribution is -2.19. The number of benzene rings is 1. The summed E-state index contributed by atoms with van der Waals surface area (Å²) < 4.78 is 0. The first-order valence-electron chi connectivity index (χ1n) is 5.99. The quantitative estimate of drug-likeness (QED) is 0.842. The molecule has 1 N–H and O–H groups in total. The first-order valence-corrected chi connectivity index (χ1v) is 5.99. The molecule has 3 rings (SSSR count). The molecule has 2 nitrogen and oxygen atoms in total. The molecular weight excluding hydrogens is 196 g/mol. The van der Waals surface area contributed by atoms with Crippen LogP contribution in [-0.2, 0) is 6.42 Å². The fourth-order valence-corrected chi connectivity index (χ4v) is 2.08. The van der Waals surface area contributed by atoms with Crippen molar-refractivity contribution in [2.75, 3.05) is 6.54 Å². The third-order valence-electron chi connectivity index (χ3n) is 3.14. The van der Waals surface area contributed by atoms with Gasteiger partial charge in [-0.25, -0.2) is 0 Å². The van der Waals surface area contributed by atoms with Crippen LogP contribution in [0.15, 0.2) is 36.5 Å².